The monoisotopic (exact) mass is 884 g/mol. The summed E-state index contributed by atoms with van der Waals surface area (Å²) in [4.78, 5) is 12.4. The second-order valence-corrected chi connectivity index (χ2v) is 19.7. The first kappa shape index (κ1) is 61.6. The van der Waals surface area contributed by atoms with E-state index in [1.165, 1.54) is 263 Å². The number of hydrogen-bond donors (Lipinski definition) is 3. The largest absolute Gasteiger partial charge is 0.394 e. The van der Waals surface area contributed by atoms with Gasteiger partial charge in [-0.25, -0.2) is 0 Å². The minimum Gasteiger partial charge on any atom is -0.394 e. The van der Waals surface area contributed by atoms with E-state index in [1.807, 2.05) is 6.08 Å². The van der Waals surface area contributed by atoms with E-state index in [-0.39, 0.29) is 12.5 Å². The lowest BCUT2D eigenvalue weighted by atomic mass is 10.0. The highest BCUT2D eigenvalue weighted by molar-refractivity contribution is 5.76. The van der Waals surface area contributed by atoms with Crippen LogP contribution in [0.3, 0.4) is 0 Å². The molecule has 0 aliphatic carbocycles. The summed E-state index contributed by atoms with van der Waals surface area (Å²) in [6.07, 6.45) is 74.8. The number of aliphatic hydroxyl groups excluding tert-OH is 2. The summed E-state index contributed by atoms with van der Waals surface area (Å²) in [6.45, 7) is 4.30. The molecule has 0 saturated heterocycles. The van der Waals surface area contributed by atoms with Crippen LogP contribution in [0.5, 0.6) is 0 Å². The zero-order chi connectivity index (χ0) is 45.6. The van der Waals surface area contributed by atoms with Gasteiger partial charge in [0.2, 0.25) is 5.91 Å². The first-order valence-corrected chi connectivity index (χ1v) is 28.7. The molecular formula is C59H113NO3. The van der Waals surface area contributed by atoms with Crippen molar-refractivity contribution in [1.29, 1.82) is 0 Å². The Hall–Kier alpha value is -1.39. The Morgan fingerprint density at radius 1 is 0.365 bits per heavy atom. The van der Waals surface area contributed by atoms with Crippen LogP contribution in [0, 0.1) is 0 Å². The lowest BCUT2D eigenvalue weighted by molar-refractivity contribution is -0.123. The van der Waals surface area contributed by atoms with Crippen LogP contribution in [0.15, 0.2) is 36.5 Å². The summed E-state index contributed by atoms with van der Waals surface area (Å²) in [5, 5.41) is 23.0. The van der Waals surface area contributed by atoms with Crippen molar-refractivity contribution in [1.82, 2.24) is 5.32 Å². The molecule has 0 aromatic heterocycles. The van der Waals surface area contributed by atoms with Gasteiger partial charge < -0.3 is 15.5 Å². The number of hydrogen-bond acceptors (Lipinski definition) is 3. The number of aliphatic hydroxyl groups is 2. The maximum Gasteiger partial charge on any atom is 0.220 e. The molecule has 0 bridgehead atoms. The number of nitrogens with one attached hydrogen (secondary N) is 1. The molecule has 0 fully saturated rings. The topological polar surface area (TPSA) is 69.6 Å². The van der Waals surface area contributed by atoms with E-state index in [4.69, 9.17) is 0 Å². The van der Waals surface area contributed by atoms with Gasteiger partial charge in [0.25, 0.3) is 0 Å². The van der Waals surface area contributed by atoms with Crippen LogP contribution < -0.4 is 5.32 Å². The lowest BCUT2D eigenvalue weighted by Crippen LogP contribution is -2.45. The van der Waals surface area contributed by atoms with E-state index in [0.717, 1.165) is 32.1 Å². The highest BCUT2D eigenvalue weighted by Crippen LogP contribution is 2.17. The highest BCUT2D eigenvalue weighted by Gasteiger charge is 2.18. The van der Waals surface area contributed by atoms with Crippen molar-refractivity contribution in [2.24, 2.45) is 0 Å². The second-order valence-electron chi connectivity index (χ2n) is 19.7. The standard InChI is InChI=1S/C59H113NO3/c1-3-5-7-9-11-13-15-17-18-19-20-21-22-23-24-25-26-27-28-29-30-31-32-33-34-35-36-37-38-39-40-41-42-43-45-47-49-51-53-55-59(63)60-57(56-61)58(62)54-52-50-48-46-44-16-14-12-10-8-6-4-2/h29-30,44,46,52,54,57-58,61-62H,3-28,31-43,45,47-51,53,55-56H2,1-2H3,(H,60,63)/b30-29-,46-44+,54-52+. The van der Waals surface area contributed by atoms with Crippen LogP contribution in [0.1, 0.15) is 316 Å². The van der Waals surface area contributed by atoms with Crippen LogP contribution in [0.2, 0.25) is 0 Å². The SMILES string of the molecule is CCCCCCCC/C=C/CC/C=C/C(O)C(CO)NC(=O)CCCCCCCCCCCCCCCCCCC/C=C\CCCCCCCCCCCCCCCCCCCC. The van der Waals surface area contributed by atoms with Gasteiger partial charge in [0.05, 0.1) is 18.8 Å². The molecule has 0 spiro atoms. The van der Waals surface area contributed by atoms with Gasteiger partial charge in [-0.1, -0.05) is 288 Å². The smallest absolute Gasteiger partial charge is 0.220 e. The summed E-state index contributed by atoms with van der Waals surface area (Å²) >= 11 is 0. The molecule has 1 amide bonds. The lowest BCUT2D eigenvalue weighted by Gasteiger charge is -2.19. The summed E-state index contributed by atoms with van der Waals surface area (Å²) in [6, 6.07) is -0.636. The second kappa shape index (κ2) is 54.9. The third-order valence-electron chi connectivity index (χ3n) is 13.3. The van der Waals surface area contributed by atoms with E-state index in [0.29, 0.717) is 6.42 Å². The Bertz CT molecular complexity index is 958. The van der Waals surface area contributed by atoms with E-state index in [1.54, 1.807) is 6.08 Å². The maximum atomic E-state index is 12.4. The summed E-state index contributed by atoms with van der Waals surface area (Å²) < 4.78 is 0. The molecule has 0 saturated carbocycles. The van der Waals surface area contributed by atoms with Gasteiger partial charge in [0.15, 0.2) is 0 Å². The molecule has 2 unspecified atom stereocenters. The van der Waals surface area contributed by atoms with Crippen molar-refractivity contribution in [2.75, 3.05) is 6.61 Å². The number of carbonyl (C=O) groups excluding carboxylic acids is 1. The van der Waals surface area contributed by atoms with E-state index in [2.05, 4.69) is 43.5 Å². The van der Waals surface area contributed by atoms with Gasteiger partial charge in [-0.3, -0.25) is 4.79 Å². The number of carbonyl (C=O) groups is 1. The molecule has 2 atom stereocenters. The molecule has 63 heavy (non-hydrogen) atoms. The Balaban J connectivity index is 3.38. The third-order valence-corrected chi connectivity index (χ3v) is 13.3. The van der Waals surface area contributed by atoms with Crippen LogP contribution in [0.4, 0.5) is 0 Å². The van der Waals surface area contributed by atoms with Crippen LogP contribution in [-0.2, 0) is 4.79 Å². The van der Waals surface area contributed by atoms with Crippen molar-refractivity contribution >= 4 is 5.91 Å². The van der Waals surface area contributed by atoms with E-state index >= 15 is 0 Å². The number of unbranched alkanes of at least 4 members (excludes halogenated alkanes) is 42. The molecule has 4 nitrogen and oxygen atoms in total. The minimum atomic E-state index is -0.859. The van der Waals surface area contributed by atoms with Crippen molar-refractivity contribution in [3.8, 4) is 0 Å². The first-order valence-electron chi connectivity index (χ1n) is 28.7. The molecule has 0 heterocycles. The first-order chi connectivity index (χ1) is 31.2. The average molecular weight is 885 g/mol. The molecule has 0 aromatic rings. The minimum absolute atomic E-state index is 0.0710. The van der Waals surface area contributed by atoms with Gasteiger partial charge in [-0.15, -0.1) is 0 Å². The quantitative estimate of drug-likeness (QED) is 0.0421. The summed E-state index contributed by atoms with van der Waals surface area (Å²) in [5.41, 5.74) is 0. The molecule has 372 valence electrons. The maximum absolute atomic E-state index is 12.4. The van der Waals surface area contributed by atoms with Gasteiger partial charge >= 0.3 is 0 Å². The molecule has 3 N–H and O–H groups in total. The van der Waals surface area contributed by atoms with Crippen LogP contribution >= 0.6 is 0 Å². The molecule has 4 heteroatoms. The third kappa shape index (κ3) is 51.5. The number of allylic oxidation sites excluding steroid dienone is 5. The predicted molar refractivity (Wildman–Crippen MR) is 281 cm³/mol. The average Bonchev–Trinajstić information content (AvgIpc) is 3.29. The Kier molecular flexibility index (Phi) is 53.7. The zero-order valence-corrected chi connectivity index (χ0v) is 42.9. The highest BCUT2D eigenvalue weighted by atomic mass is 16.3. The van der Waals surface area contributed by atoms with E-state index < -0.39 is 12.1 Å². The summed E-state index contributed by atoms with van der Waals surface area (Å²) in [7, 11) is 0. The fourth-order valence-electron chi connectivity index (χ4n) is 8.96. The molecule has 0 rings (SSSR count). The normalized spacial score (nSPS) is 13.0. The van der Waals surface area contributed by atoms with Crippen LogP contribution in [-0.4, -0.2) is 34.9 Å². The zero-order valence-electron chi connectivity index (χ0n) is 42.9. The molecule has 0 aromatic carbocycles. The fourth-order valence-corrected chi connectivity index (χ4v) is 8.96. The van der Waals surface area contributed by atoms with Gasteiger partial charge in [-0.2, -0.15) is 0 Å². The van der Waals surface area contributed by atoms with Crippen LogP contribution in [0.25, 0.3) is 0 Å². The molecule has 0 aliphatic heterocycles. The van der Waals surface area contributed by atoms with Gasteiger partial charge in [-0.05, 0) is 57.8 Å². The van der Waals surface area contributed by atoms with Gasteiger partial charge in [0, 0.05) is 6.42 Å². The number of rotatable bonds is 53. The number of amides is 1. The Labute approximate surface area is 395 Å². The predicted octanol–water partition coefficient (Wildman–Crippen LogP) is 18.9. The van der Waals surface area contributed by atoms with Crippen molar-refractivity contribution < 1.29 is 15.0 Å². The summed E-state index contributed by atoms with van der Waals surface area (Å²) in [5.74, 6) is -0.0710. The van der Waals surface area contributed by atoms with Crippen molar-refractivity contribution in [2.45, 2.75) is 328 Å². The van der Waals surface area contributed by atoms with Gasteiger partial charge in [0.1, 0.15) is 0 Å². The molecule has 0 aliphatic rings. The molecular weight excluding hydrogens is 771 g/mol. The molecule has 0 radical (unpaired) electrons. The van der Waals surface area contributed by atoms with E-state index in [9.17, 15) is 15.0 Å². The van der Waals surface area contributed by atoms with Crippen molar-refractivity contribution in [3.63, 3.8) is 0 Å². The fraction of sp³-hybridized carbons (Fsp3) is 0.881. The van der Waals surface area contributed by atoms with Crippen molar-refractivity contribution in [3.05, 3.63) is 36.5 Å². The Morgan fingerprint density at radius 2 is 0.619 bits per heavy atom. The Morgan fingerprint density at radius 3 is 0.921 bits per heavy atom.